The average Bonchev–Trinajstić information content (AvgIpc) is 2.85. The van der Waals surface area contributed by atoms with Gasteiger partial charge in [-0.2, -0.15) is 0 Å². The molecule has 0 spiro atoms. The van der Waals surface area contributed by atoms with E-state index >= 15 is 0 Å². The van der Waals surface area contributed by atoms with Gasteiger partial charge in [0.15, 0.2) is 0 Å². The van der Waals surface area contributed by atoms with Crippen LogP contribution in [0.3, 0.4) is 0 Å². The lowest BCUT2D eigenvalue weighted by molar-refractivity contribution is -0.107. The SMILES string of the molecule is COC1CC2CCCCC2C(C2(O)C(N)=NC3CCC(Cl)CC32)C1. The molecular formula is C19H31ClN2O2. The molecule has 3 aliphatic carbocycles. The molecule has 4 nitrogen and oxygen atoms in total. The van der Waals surface area contributed by atoms with Crippen molar-refractivity contribution in [3.63, 3.8) is 0 Å². The molecule has 24 heavy (non-hydrogen) atoms. The summed E-state index contributed by atoms with van der Waals surface area (Å²) in [5.41, 5.74) is 5.40. The Bertz CT molecular complexity index is 514. The zero-order valence-electron chi connectivity index (χ0n) is 14.7. The minimum atomic E-state index is -0.977. The first-order valence-electron chi connectivity index (χ1n) is 9.77. The minimum Gasteiger partial charge on any atom is -0.385 e. The summed E-state index contributed by atoms with van der Waals surface area (Å²) in [7, 11) is 1.80. The first kappa shape index (κ1) is 17.1. The standard InChI is InChI=1S/C19H31ClN2O2/c1-24-13-8-11-4-2-3-5-14(11)15(10-13)19(23)16-9-12(20)6-7-17(16)22-18(19)21/h11-17,23H,2-10H2,1H3,(H2,21,22). The van der Waals surface area contributed by atoms with Crippen LogP contribution < -0.4 is 5.73 Å². The molecule has 0 saturated heterocycles. The lowest BCUT2D eigenvalue weighted by Gasteiger charge is -2.52. The summed E-state index contributed by atoms with van der Waals surface area (Å²) in [6.45, 7) is 0. The van der Waals surface area contributed by atoms with Crippen molar-refractivity contribution in [3.05, 3.63) is 0 Å². The van der Waals surface area contributed by atoms with Crippen molar-refractivity contribution in [2.24, 2.45) is 34.4 Å². The number of hydrogen-bond donors (Lipinski definition) is 2. The lowest BCUT2D eigenvalue weighted by Crippen LogP contribution is -2.60. The van der Waals surface area contributed by atoms with Crippen molar-refractivity contribution in [3.8, 4) is 0 Å². The summed E-state index contributed by atoms with van der Waals surface area (Å²) in [6.07, 6.45) is 10.1. The van der Waals surface area contributed by atoms with E-state index in [0.29, 0.717) is 17.7 Å². The van der Waals surface area contributed by atoms with Crippen molar-refractivity contribution in [1.82, 2.24) is 0 Å². The van der Waals surface area contributed by atoms with Crippen LogP contribution in [0.25, 0.3) is 0 Å². The highest BCUT2D eigenvalue weighted by Gasteiger charge is 2.59. The molecule has 3 N–H and O–H groups in total. The second kappa shape index (κ2) is 6.44. The van der Waals surface area contributed by atoms with Gasteiger partial charge in [-0.3, -0.25) is 4.99 Å². The molecule has 4 rings (SSSR count). The summed E-state index contributed by atoms with van der Waals surface area (Å²) >= 11 is 6.46. The molecular weight excluding hydrogens is 324 g/mol. The fourth-order valence-corrected chi connectivity index (χ4v) is 6.63. The van der Waals surface area contributed by atoms with Crippen molar-refractivity contribution < 1.29 is 9.84 Å². The number of nitrogens with zero attached hydrogens (tertiary/aromatic N) is 1. The van der Waals surface area contributed by atoms with Crippen LogP contribution in [0, 0.1) is 23.7 Å². The Kier molecular flexibility index (Phi) is 4.59. The van der Waals surface area contributed by atoms with Gasteiger partial charge in [0.05, 0.1) is 12.1 Å². The van der Waals surface area contributed by atoms with E-state index in [1.165, 1.54) is 25.7 Å². The van der Waals surface area contributed by atoms with Crippen molar-refractivity contribution >= 4 is 17.4 Å². The summed E-state index contributed by atoms with van der Waals surface area (Å²) < 4.78 is 5.75. The van der Waals surface area contributed by atoms with Gasteiger partial charge in [0, 0.05) is 24.3 Å². The van der Waals surface area contributed by atoms with Gasteiger partial charge in [-0.25, -0.2) is 0 Å². The minimum absolute atomic E-state index is 0.0944. The summed E-state index contributed by atoms with van der Waals surface area (Å²) in [6, 6.07) is 0.162. The number of fused-ring (bicyclic) bond motifs is 2. The van der Waals surface area contributed by atoms with E-state index < -0.39 is 5.60 Å². The molecule has 0 amide bonds. The number of halogens is 1. The average molecular weight is 355 g/mol. The highest BCUT2D eigenvalue weighted by Crippen LogP contribution is 2.54. The number of nitrogens with two attached hydrogens (primary N) is 1. The lowest BCUT2D eigenvalue weighted by atomic mass is 9.56. The molecule has 0 aromatic carbocycles. The smallest absolute Gasteiger partial charge is 0.129 e. The second-order valence-electron chi connectivity index (χ2n) is 8.57. The monoisotopic (exact) mass is 354 g/mol. The quantitative estimate of drug-likeness (QED) is 0.749. The fraction of sp³-hybridized carbons (Fsp3) is 0.947. The molecule has 1 heterocycles. The number of aliphatic hydroxyl groups is 1. The summed E-state index contributed by atoms with van der Waals surface area (Å²) in [4.78, 5) is 4.71. The summed E-state index contributed by atoms with van der Waals surface area (Å²) in [5, 5.41) is 12.0. The maximum Gasteiger partial charge on any atom is 0.129 e. The molecule has 8 unspecified atom stereocenters. The normalized spacial score (nSPS) is 51.6. The molecule has 1 aliphatic heterocycles. The molecule has 8 atom stereocenters. The first-order chi connectivity index (χ1) is 11.5. The third kappa shape index (κ3) is 2.60. The summed E-state index contributed by atoms with van der Waals surface area (Å²) in [5.74, 6) is 1.96. The third-order valence-electron chi connectivity index (χ3n) is 7.50. The topological polar surface area (TPSA) is 67.8 Å². The van der Waals surface area contributed by atoms with Gasteiger partial charge < -0.3 is 15.6 Å². The van der Waals surface area contributed by atoms with Crippen LogP contribution >= 0.6 is 11.6 Å². The van der Waals surface area contributed by atoms with Gasteiger partial charge in [0.25, 0.3) is 0 Å². The van der Waals surface area contributed by atoms with E-state index in [1.807, 2.05) is 0 Å². The van der Waals surface area contributed by atoms with Crippen LogP contribution in [0.15, 0.2) is 4.99 Å². The van der Waals surface area contributed by atoms with Gasteiger partial charge in [0.1, 0.15) is 11.4 Å². The number of hydrogen-bond acceptors (Lipinski definition) is 4. The Hall–Kier alpha value is -0.320. The molecule has 0 aromatic rings. The van der Waals surface area contributed by atoms with E-state index in [4.69, 9.17) is 27.1 Å². The molecule has 0 aromatic heterocycles. The van der Waals surface area contributed by atoms with Crippen molar-refractivity contribution in [2.75, 3.05) is 7.11 Å². The van der Waals surface area contributed by atoms with E-state index in [0.717, 1.165) is 32.1 Å². The molecule has 0 bridgehead atoms. The Balaban J connectivity index is 1.67. The van der Waals surface area contributed by atoms with Gasteiger partial charge in [-0.05, 0) is 50.4 Å². The van der Waals surface area contributed by atoms with Crippen LogP contribution in [0.1, 0.15) is 57.8 Å². The molecule has 5 heteroatoms. The molecule has 4 aliphatic rings. The van der Waals surface area contributed by atoms with Crippen LogP contribution in [-0.4, -0.2) is 41.2 Å². The molecule has 3 fully saturated rings. The number of ether oxygens (including phenoxy) is 1. The number of aliphatic imine (C=N–C) groups is 1. The largest absolute Gasteiger partial charge is 0.385 e. The van der Waals surface area contributed by atoms with Crippen LogP contribution in [0.5, 0.6) is 0 Å². The van der Waals surface area contributed by atoms with E-state index in [-0.39, 0.29) is 29.4 Å². The molecule has 3 saturated carbocycles. The van der Waals surface area contributed by atoms with E-state index in [1.54, 1.807) is 7.11 Å². The molecule has 0 radical (unpaired) electrons. The highest BCUT2D eigenvalue weighted by atomic mass is 35.5. The highest BCUT2D eigenvalue weighted by molar-refractivity contribution is 6.20. The number of alkyl halides is 1. The Morgan fingerprint density at radius 2 is 1.92 bits per heavy atom. The number of amidine groups is 1. The fourth-order valence-electron chi connectivity index (χ4n) is 6.32. The zero-order valence-corrected chi connectivity index (χ0v) is 15.4. The second-order valence-corrected chi connectivity index (χ2v) is 9.19. The predicted octanol–water partition coefficient (Wildman–Crippen LogP) is 3.10. The van der Waals surface area contributed by atoms with Gasteiger partial charge in [0.2, 0.25) is 0 Å². The van der Waals surface area contributed by atoms with Crippen molar-refractivity contribution in [2.45, 2.75) is 80.9 Å². The first-order valence-corrected chi connectivity index (χ1v) is 10.2. The van der Waals surface area contributed by atoms with Crippen LogP contribution in [0.4, 0.5) is 0 Å². The zero-order chi connectivity index (χ0) is 16.9. The van der Waals surface area contributed by atoms with Crippen molar-refractivity contribution in [1.29, 1.82) is 0 Å². The maximum atomic E-state index is 11.9. The Morgan fingerprint density at radius 3 is 2.71 bits per heavy atom. The van der Waals surface area contributed by atoms with Crippen LogP contribution in [-0.2, 0) is 4.74 Å². The van der Waals surface area contributed by atoms with E-state index in [9.17, 15) is 5.11 Å². The maximum absolute atomic E-state index is 11.9. The van der Waals surface area contributed by atoms with Gasteiger partial charge in [-0.1, -0.05) is 19.3 Å². The number of methoxy groups -OCH3 is 1. The Morgan fingerprint density at radius 1 is 1.12 bits per heavy atom. The van der Waals surface area contributed by atoms with Gasteiger partial charge in [-0.15, -0.1) is 11.6 Å². The Labute approximate surface area is 150 Å². The van der Waals surface area contributed by atoms with E-state index in [2.05, 4.69) is 0 Å². The third-order valence-corrected chi connectivity index (χ3v) is 7.89. The molecule has 136 valence electrons. The number of rotatable bonds is 2. The van der Waals surface area contributed by atoms with Gasteiger partial charge >= 0.3 is 0 Å². The predicted molar refractivity (Wildman–Crippen MR) is 96.3 cm³/mol. The van der Waals surface area contributed by atoms with Crippen LogP contribution in [0.2, 0.25) is 0 Å².